The molecule has 0 saturated heterocycles. The lowest BCUT2D eigenvalue weighted by molar-refractivity contribution is -0.384. The number of nitrogens with zero attached hydrogens (tertiary/aromatic N) is 5. The first kappa shape index (κ1) is 12.0. The quantitative estimate of drug-likeness (QED) is 0.478. The summed E-state index contributed by atoms with van der Waals surface area (Å²) in [4.78, 5) is 10.2. The average molecular weight is 266 g/mol. The molecule has 20 heavy (non-hydrogen) atoms. The minimum Gasteiger partial charge on any atom is -0.258 e. The molecule has 1 heterocycles. The topological polar surface area (TPSA) is 92.6 Å². The molecule has 0 saturated carbocycles. The van der Waals surface area contributed by atoms with E-state index in [0.29, 0.717) is 6.17 Å². The number of non-ortho nitro benzene ring substituents is 1. The highest BCUT2D eigenvalue weighted by atomic mass is 16.6. The normalized spacial score (nSPS) is 12.9. The SMILES string of the molecule is O=[N+]([O-])c1ccc(-c2cccc([C+]3N=NN=N3)c2)cc1. The second-order valence-electron chi connectivity index (χ2n) is 4.09. The van der Waals surface area contributed by atoms with Crippen LogP contribution in [0.1, 0.15) is 5.56 Å². The van der Waals surface area contributed by atoms with Crippen LogP contribution in [0.5, 0.6) is 0 Å². The zero-order valence-corrected chi connectivity index (χ0v) is 10.2. The van der Waals surface area contributed by atoms with Crippen molar-refractivity contribution in [1.82, 2.24) is 0 Å². The van der Waals surface area contributed by atoms with Gasteiger partial charge >= 0.3 is 6.17 Å². The van der Waals surface area contributed by atoms with Crippen molar-refractivity contribution in [2.24, 2.45) is 20.7 Å². The fourth-order valence-electron chi connectivity index (χ4n) is 1.87. The monoisotopic (exact) mass is 266 g/mol. The Morgan fingerprint density at radius 2 is 1.65 bits per heavy atom. The number of hydrogen-bond donors (Lipinski definition) is 0. The van der Waals surface area contributed by atoms with Crippen molar-refractivity contribution in [3.63, 3.8) is 0 Å². The van der Waals surface area contributed by atoms with Crippen molar-refractivity contribution in [2.45, 2.75) is 0 Å². The molecule has 96 valence electrons. The third-order valence-corrected chi connectivity index (χ3v) is 2.85. The zero-order chi connectivity index (χ0) is 13.9. The van der Waals surface area contributed by atoms with Gasteiger partial charge in [0.05, 0.1) is 17.1 Å². The molecule has 3 rings (SSSR count). The van der Waals surface area contributed by atoms with E-state index in [4.69, 9.17) is 0 Å². The number of nitro groups is 1. The van der Waals surface area contributed by atoms with Crippen molar-refractivity contribution in [3.05, 3.63) is 70.4 Å². The smallest absolute Gasteiger partial charge is 0.258 e. The molecule has 0 N–H and O–H groups in total. The largest absolute Gasteiger partial charge is 0.313 e. The van der Waals surface area contributed by atoms with Crippen molar-refractivity contribution < 1.29 is 4.92 Å². The summed E-state index contributed by atoms with van der Waals surface area (Å²) in [6.45, 7) is 0. The first-order chi connectivity index (χ1) is 9.74. The van der Waals surface area contributed by atoms with Crippen LogP contribution in [0.25, 0.3) is 11.1 Å². The van der Waals surface area contributed by atoms with E-state index >= 15 is 0 Å². The highest BCUT2D eigenvalue weighted by Crippen LogP contribution is 2.28. The van der Waals surface area contributed by atoms with Gasteiger partial charge in [-0.25, -0.2) is 0 Å². The summed E-state index contributed by atoms with van der Waals surface area (Å²) in [5.74, 6) is 0. The van der Waals surface area contributed by atoms with E-state index in [0.717, 1.165) is 16.7 Å². The molecule has 0 fully saturated rings. The van der Waals surface area contributed by atoms with E-state index in [2.05, 4.69) is 20.7 Å². The Bertz CT molecular complexity index is 697. The summed E-state index contributed by atoms with van der Waals surface area (Å²) < 4.78 is 0. The maximum Gasteiger partial charge on any atom is 0.313 e. The van der Waals surface area contributed by atoms with Crippen LogP contribution >= 0.6 is 0 Å². The van der Waals surface area contributed by atoms with E-state index in [1.807, 2.05) is 24.3 Å². The molecule has 1 aliphatic heterocycles. The van der Waals surface area contributed by atoms with E-state index < -0.39 is 4.92 Å². The summed E-state index contributed by atoms with van der Waals surface area (Å²) in [5.41, 5.74) is 2.66. The lowest BCUT2D eigenvalue weighted by Crippen LogP contribution is -1.90. The van der Waals surface area contributed by atoms with Crippen LogP contribution in [0, 0.1) is 16.3 Å². The summed E-state index contributed by atoms with van der Waals surface area (Å²) in [5, 5.41) is 25.1. The van der Waals surface area contributed by atoms with E-state index in [1.54, 1.807) is 12.1 Å². The lowest BCUT2D eigenvalue weighted by Gasteiger charge is -1.99. The molecule has 0 spiro atoms. The van der Waals surface area contributed by atoms with Crippen LogP contribution in [-0.2, 0) is 0 Å². The third-order valence-electron chi connectivity index (χ3n) is 2.85. The molecule has 0 aromatic heterocycles. The predicted molar refractivity (Wildman–Crippen MR) is 70.6 cm³/mol. The van der Waals surface area contributed by atoms with Gasteiger partial charge in [0.1, 0.15) is 0 Å². The molecule has 2 aromatic rings. The van der Waals surface area contributed by atoms with E-state index in [1.165, 1.54) is 12.1 Å². The van der Waals surface area contributed by atoms with Gasteiger partial charge in [0.2, 0.25) is 0 Å². The molecular formula is C13H8N5O2+. The van der Waals surface area contributed by atoms with Gasteiger partial charge in [0.15, 0.2) is 5.56 Å². The molecule has 1 aliphatic rings. The van der Waals surface area contributed by atoms with Gasteiger partial charge in [0, 0.05) is 17.7 Å². The Kier molecular flexibility index (Phi) is 2.92. The minimum absolute atomic E-state index is 0.0673. The van der Waals surface area contributed by atoms with E-state index in [-0.39, 0.29) is 5.69 Å². The van der Waals surface area contributed by atoms with Gasteiger partial charge in [-0.1, -0.05) is 0 Å². The van der Waals surface area contributed by atoms with Crippen LogP contribution in [0.4, 0.5) is 5.69 Å². The first-order valence-electron chi connectivity index (χ1n) is 5.78. The molecule has 2 aromatic carbocycles. The summed E-state index contributed by atoms with van der Waals surface area (Å²) in [6.07, 6.45) is 0.453. The van der Waals surface area contributed by atoms with Gasteiger partial charge in [0.25, 0.3) is 5.69 Å². The van der Waals surface area contributed by atoms with Gasteiger partial charge in [-0.05, 0) is 50.5 Å². The van der Waals surface area contributed by atoms with Crippen LogP contribution in [0.2, 0.25) is 0 Å². The highest BCUT2D eigenvalue weighted by molar-refractivity contribution is 5.66. The van der Waals surface area contributed by atoms with Crippen LogP contribution in [0.3, 0.4) is 0 Å². The molecule has 0 unspecified atom stereocenters. The fraction of sp³-hybridized carbons (Fsp3) is 0. The Morgan fingerprint density at radius 1 is 0.950 bits per heavy atom. The zero-order valence-electron chi connectivity index (χ0n) is 10.2. The highest BCUT2D eigenvalue weighted by Gasteiger charge is 2.23. The molecule has 0 amide bonds. The molecule has 0 atom stereocenters. The van der Waals surface area contributed by atoms with Crippen molar-refractivity contribution in [3.8, 4) is 11.1 Å². The van der Waals surface area contributed by atoms with Gasteiger partial charge in [-0.15, -0.1) is 0 Å². The Balaban J connectivity index is 1.93. The second kappa shape index (κ2) is 4.88. The standard InChI is InChI=1S/C13H8N5O2/c19-18(20)12-6-4-9(5-7-12)10-2-1-3-11(8-10)13-14-16-17-15-13/h1-8H/q+1. The Hall–Kier alpha value is -3.09. The molecule has 7 nitrogen and oxygen atoms in total. The Labute approximate surface area is 113 Å². The van der Waals surface area contributed by atoms with Crippen molar-refractivity contribution in [2.75, 3.05) is 0 Å². The van der Waals surface area contributed by atoms with Crippen molar-refractivity contribution >= 4 is 5.69 Å². The fourth-order valence-corrected chi connectivity index (χ4v) is 1.87. The number of nitro benzene ring substituents is 1. The number of benzene rings is 2. The maximum atomic E-state index is 10.6. The molecule has 0 aliphatic carbocycles. The molecule has 7 heteroatoms. The van der Waals surface area contributed by atoms with Crippen LogP contribution in [0.15, 0.2) is 69.2 Å². The Morgan fingerprint density at radius 3 is 2.30 bits per heavy atom. The molecule has 0 bridgehead atoms. The third kappa shape index (κ3) is 2.24. The number of hydrogen-bond acceptors (Lipinski definition) is 6. The molecule has 0 radical (unpaired) electrons. The summed E-state index contributed by atoms with van der Waals surface area (Å²) in [7, 11) is 0. The first-order valence-corrected chi connectivity index (χ1v) is 5.78. The van der Waals surface area contributed by atoms with Gasteiger partial charge < -0.3 is 0 Å². The summed E-state index contributed by atoms with van der Waals surface area (Å²) in [6, 6.07) is 13.9. The second-order valence-corrected chi connectivity index (χ2v) is 4.09. The molecular weight excluding hydrogens is 258 g/mol. The predicted octanol–water partition coefficient (Wildman–Crippen LogP) is 3.93. The average Bonchev–Trinajstić information content (AvgIpc) is 3.02. The van der Waals surface area contributed by atoms with E-state index in [9.17, 15) is 10.1 Å². The van der Waals surface area contributed by atoms with Crippen LogP contribution < -0.4 is 0 Å². The lowest BCUT2D eigenvalue weighted by atomic mass is 10.0. The van der Waals surface area contributed by atoms with Crippen molar-refractivity contribution in [1.29, 1.82) is 0 Å². The summed E-state index contributed by atoms with van der Waals surface area (Å²) >= 11 is 0. The maximum absolute atomic E-state index is 10.6. The van der Waals surface area contributed by atoms with Gasteiger partial charge in [-0.2, -0.15) is 0 Å². The van der Waals surface area contributed by atoms with Crippen LogP contribution in [-0.4, -0.2) is 4.92 Å². The van der Waals surface area contributed by atoms with Gasteiger partial charge in [-0.3, -0.25) is 10.1 Å². The minimum atomic E-state index is -0.421. The number of rotatable bonds is 3.